The number of nitriles is 1. The van der Waals surface area contributed by atoms with E-state index in [1.807, 2.05) is 28.9 Å². The zero-order valence-electron chi connectivity index (χ0n) is 11.3. The van der Waals surface area contributed by atoms with E-state index in [0.717, 1.165) is 30.6 Å². The largest absolute Gasteiger partial charge is 0.423 e. The summed E-state index contributed by atoms with van der Waals surface area (Å²) in [4.78, 5) is 6.64. The number of benzene rings is 1. The van der Waals surface area contributed by atoms with Crippen molar-refractivity contribution in [2.24, 2.45) is 0 Å². The van der Waals surface area contributed by atoms with Crippen LogP contribution in [0, 0.1) is 11.3 Å². The van der Waals surface area contributed by atoms with Crippen LogP contribution >= 0.6 is 0 Å². The lowest BCUT2D eigenvalue weighted by atomic mass is 10.3. The minimum absolute atomic E-state index is 0.252. The first-order valence-electron chi connectivity index (χ1n) is 6.88. The van der Waals surface area contributed by atoms with E-state index in [1.54, 1.807) is 12.4 Å². The second kappa shape index (κ2) is 4.63. The average Bonchev–Trinajstić information content (AvgIpc) is 3.24. The number of nitrogens with zero attached hydrogens (tertiary/aromatic N) is 5. The SMILES string of the molecule is N#Cc1cnn(C2CCN(c3nc4ccccc4o3)C2)c1. The monoisotopic (exact) mass is 279 g/mol. The molecule has 1 aliphatic rings. The van der Waals surface area contributed by atoms with Crippen molar-refractivity contribution in [1.82, 2.24) is 14.8 Å². The second-order valence-electron chi connectivity index (χ2n) is 5.17. The molecule has 1 aromatic carbocycles. The Morgan fingerprint density at radius 3 is 3.05 bits per heavy atom. The Hall–Kier alpha value is -2.81. The lowest BCUT2D eigenvalue weighted by Gasteiger charge is -2.13. The van der Waals surface area contributed by atoms with Gasteiger partial charge in [0.15, 0.2) is 5.58 Å². The molecule has 0 amide bonds. The quantitative estimate of drug-likeness (QED) is 0.720. The first-order valence-corrected chi connectivity index (χ1v) is 6.88. The number of aromatic nitrogens is 3. The fourth-order valence-corrected chi connectivity index (χ4v) is 2.72. The summed E-state index contributed by atoms with van der Waals surface area (Å²) in [6.45, 7) is 1.67. The summed E-state index contributed by atoms with van der Waals surface area (Å²) >= 11 is 0. The number of para-hydroxylation sites is 2. The summed E-state index contributed by atoms with van der Waals surface area (Å²) in [5, 5.41) is 13.1. The van der Waals surface area contributed by atoms with Crippen molar-refractivity contribution in [1.29, 1.82) is 5.26 Å². The summed E-state index contributed by atoms with van der Waals surface area (Å²) in [7, 11) is 0. The van der Waals surface area contributed by atoms with Gasteiger partial charge < -0.3 is 9.32 Å². The molecule has 0 saturated carbocycles. The van der Waals surface area contributed by atoms with Crippen molar-refractivity contribution in [3.63, 3.8) is 0 Å². The van der Waals surface area contributed by atoms with Gasteiger partial charge in [-0.2, -0.15) is 15.3 Å². The van der Waals surface area contributed by atoms with Gasteiger partial charge in [-0.3, -0.25) is 4.68 Å². The van der Waals surface area contributed by atoms with Crippen molar-refractivity contribution in [2.75, 3.05) is 18.0 Å². The Balaban J connectivity index is 1.57. The van der Waals surface area contributed by atoms with Gasteiger partial charge in [-0.1, -0.05) is 12.1 Å². The number of hydrogen-bond acceptors (Lipinski definition) is 5. The zero-order valence-corrected chi connectivity index (χ0v) is 11.3. The maximum absolute atomic E-state index is 8.87. The Kier molecular flexibility index (Phi) is 2.64. The fourth-order valence-electron chi connectivity index (χ4n) is 2.72. The van der Waals surface area contributed by atoms with Gasteiger partial charge in [0.2, 0.25) is 0 Å². The van der Waals surface area contributed by atoms with Crippen LogP contribution in [-0.4, -0.2) is 27.9 Å². The van der Waals surface area contributed by atoms with E-state index in [9.17, 15) is 0 Å². The topological polar surface area (TPSA) is 70.9 Å². The first kappa shape index (κ1) is 12.0. The highest BCUT2D eigenvalue weighted by Crippen LogP contribution is 2.28. The third-order valence-corrected chi connectivity index (χ3v) is 3.82. The van der Waals surface area contributed by atoms with Crippen LogP contribution in [0.3, 0.4) is 0 Å². The Morgan fingerprint density at radius 2 is 2.24 bits per heavy atom. The molecule has 1 unspecified atom stereocenters. The van der Waals surface area contributed by atoms with E-state index in [-0.39, 0.29) is 6.04 Å². The molecule has 1 fully saturated rings. The van der Waals surface area contributed by atoms with E-state index >= 15 is 0 Å². The van der Waals surface area contributed by atoms with Crippen molar-refractivity contribution in [2.45, 2.75) is 12.5 Å². The average molecular weight is 279 g/mol. The van der Waals surface area contributed by atoms with Gasteiger partial charge in [0, 0.05) is 19.3 Å². The molecular weight excluding hydrogens is 266 g/mol. The van der Waals surface area contributed by atoms with Gasteiger partial charge in [0.1, 0.15) is 11.6 Å². The number of hydrogen-bond donors (Lipinski definition) is 0. The van der Waals surface area contributed by atoms with Crippen LogP contribution in [0.15, 0.2) is 41.1 Å². The Bertz CT molecular complexity index is 795. The van der Waals surface area contributed by atoms with Gasteiger partial charge in [-0.05, 0) is 18.6 Å². The van der Waals surface area contributed by atoms with Crippen LogP contribution in [0.25, 0.3) is 11.1 Å². The van der Waals surface area contributed by atoms with Crippen molar-refractivity contribution >= 4 is 17.1 Å². The zero-order chi connectivity index (χ0) is 14.2. The molecule has 6 heteroatoms. The third-order valence-electron chi connectivity index (χ3n) is 3.82. The maximum atomic E-state index is 8.87. The van der Waals surface area contributed by atoms with Crippen LogP contribution in [0.5, 0.6) is 0 Å². The molecular formula is C15H13N5O. The molecule has 2 aromatic heterocycles. The van der Waals surface area contributed by atoms with E-state index in [1.165, 1.54) is 0 Å². The number of anilines is 1. The third kappa shape index (κ3) is 2.03. The summed E-state index contributed by atoms with van der Waals surface area (Å²) in [5.41, 5.74) is 2.28. The van der Waals surface area contributed by atoms with Crippen LogP contribution in [-0.2, 0) is 0 Å². The normalized spacial score (nSPS) is 18.2. The minimum Gasteiger partial charge on any atom is -0.423 e. The summed E-state index contributed by atoms with van der Waals surface area (Å²) < 4.78 is 7.66. The summed E-state index contributed by atoms with van der Waals surface area (Å²) in [6.07, 6.45) is 4.35. The lowest BCUT2D eigenvalue weighted by molar-refractivity contribution is 0.490. The summed E-state index contributed by atoms with van der Waals surface area (Å²) in [6, 6.07) is 10.8. The molecule has 6 nitrogen and oxygen atoms in total. The van der Waals surface area contributed by atoms with Crippen molar-refractivity contribution in [3.8, 4) is 6.07 Å². The molecule has 21 heavy (non-hydrogen) atoms. The molecule has 4 rings (SSSR count). The molecule has 1 saturated heterocycles. The molecule has 0 bridgehead atoms. The van der Waals surface area contributed by atoms with Gasteiger partial charge in [0.05, 0.1) is 17.8 Å². The predicted octanol–water partition coefficient (Wildman–Crippen LogP) is 2.35. The standard InChI is InChI=1S/C15H13N5O/c16-7-11-8-17-20(9-11)12-5-6-19(10-12)15-18-13-3-1-2-4-14(13)21-15/h1-4,8-9,12H,5-6,10H2. The van der Waals surface area contributed by atoms with Gasteiger partial charge >= 0.3 is 0 Å². The first-order chi connectivity index (χ1) is 10.3. The van der Waals surface area contributed by atoms with E-state index in [0.29, 0.717) is 11.6 Å². The molecule has 1 aliphatic heterocycles. The maximum Gasteiger partial charge on any atom is 0.298 e. The molecule has 0 N–H and O–H groups in total. The van der Waals surface area contributed by atoms with Gasteiger partial charge in [-0.15, -0.1) is 0 Å². The molecule has 0 spiro atoms. The smallest absolute Gasteiger partial charge is 0.298 e. The van der Waals surface area contributed by atoms with Crippen LogP contribution < -0.4 is 4.90 Å². The summed E-state index contributed by atoms with van der Waals surface area (Å²) in [5.74, 6) is 0. The fraction of sp³-hybridized carbons (Fsp3) is 0.267. The van der Waals surface area contributed by atoms with Crippen LogP contribution in [0.4, 0.5) is 6.01 Å². The van der Waals surface area contributed by atoms with Gasteiger partial charge in [-0.25, -0.2) is 0 Å². The predicted molar refractivity (Wildman–Crippen MR) is 76.8 cm³/mol. The van der Waals surface area contributed by atoms with Crippen LogP contribution in [0.1, 0.15) is 18.0 Å². The molecule has 0 radical (unpaired) electrons. The highest BCUT2D eigenvalue weighted by molar-refractivity contribution is 5.74. The van der Waals surface area contributed by atoms with E-state index < -0.39 is 0 Å². The minimum atomic E-state index is 0.252. The number of rotatable bonds is 2. The second-order valence-corrected chi connectivity index (χ2v) is 5.17. The molecule has 104 valence electrons. The van der Waals surface area contributed by atoms with Crippen LogP contribution in [0.2, 0.25) is 0 Å². The lowest BCUT2D eigenvalue weighted by Crippen LogP contribution is -2.21. The van der Waals surface area contributed by atoms with E-state index in [4.69, 9.17) is 9.68 Å². The Morgan fingerprint density at radius 1 is 1.33 bits per heavy atom. The van der Waals surface area contributed by atoms with E-state index in [2.05, 4.69) is 21.1 Å². The van der Waals surface area contributed by atoms with Gasteiger partial charge in [0.25, 0.3) is 6.01 Å². The number of fused-ring (bicyclic) bond motifs is 1. The molecule has 0 aliphatic carbocycles. The highest BCUT2D eigenvalue weighted by atomic mass is 16.4. The highest BCUT2D eigenvalue weighted by Gasteiger charge is 2.27. The number of oxazole rings is 1. The molecule has 3 aromatic rings. The Labute approximate surface area is 121 Å². The molecule has 3 heterocycles. The molecule has 1 atom stereocenters. The van der Waals surface area contributed by atoms with Crippen molar-refractivity contribution < 1.29 is 4.42 Å². The van der Waals surface area contributed by atoms with Crippen molar-refractivity contribution in [3.05, 3.63) is 42.2 Å².